The first-order valence-corrected chi connectivity index (χ1v) is 12.8. The van der Waals surface area contributed by atoms with Gasteiger partial charge in [0.2, 0.25) is 11.8 Å². The standard InChI is InChI=1S/C28H28N2O3S/c1-33-20-12-10-19(11-13-20)30-27(32)17-34-16-26(31)29-15-18-14-25-21-6-2-4-8-23(21)28(18)24-9-5-3-7-22(24)25/h2-13,18,25,28H,14-17H2,1H3,(H,29,31)(H,30,32). The van der Waals surface area contributed by atoms with Gasteiger partial charge in [0.1, 0.15) is 5.75 Å². The maximum Gasteiger partial charge on any atom is 0.234 e. The normalized spacial score (nSPS) is 19.6. The molecule has 0 saturated carbocycles. The average Bonchev–Trinajstić information content (AvgIpc) is 2.88. The van der Waals surface area contributed by atoms with E-state index in [1.165, 1.54) is 34.0 Å². The number of hydrogen-bond acceptors (Lipinski definition) is 4. The minimum atomic E-state index is -0.124. The Kier molecular flexibility index (Phi) is 6.59. The van der Waals surface area contributed by atoms with Gasteiger partial charge in [-0.15, -0.1) is 11.8 Å². The van der Waals surface area contributed by atoms with Gasteiger partial charge in [-0.3, -0.25) is 9.59 Å². The molecule has 3 aromatic carbocycles. The minimum absolute atomic E-state index is 0.0229. The van der Waals surface area contributed by atoms with Crippen molar-refractivity contribution in [2.24, 2.45) is 5.92 Å². The molecule has 1 atom stereocenters. The van der Waals surface area contributed by atoms with Gasteiger partial charge in [0.15, 0.2) is 0 Å². The summed E-state index contributed by atoms with van der Waals surface area (Å²) in [5, 5.41) is 5.97. The molecule has 0 aromatic heterocycles. The molecule has 34 heavy (non-hydrogen) atoms. The fraction of sp³-hybridized carbons (Fsp3) is 0.286. The Bertz CT molecular complexity index is 1150. The molecule has 0 spiro atoms. The number of rotatable bonds is 8. The number of anilines is 1. The summed E-state index contributed by atoms with van der Waals surface area (Å²) in [5.41, 5.74) is 6.39. The summed E-state index contributed by atoms with van der Waals surface area (Å²) in [6.07, 6.45) is 1.05. The number of ether oxygens (including phenoxy) is 1. The van der Waals surface area contributed by atoms with Gasteiger partial charge in [-0.2, -0.15) is 0 Å². The quantitative estimate of drug-likeness (QED) is 0.495. The molecule has 0 radical (unpaired) electrons. The highest BCUT2D eigenvalue weighted by atomic mass is 32.2. The largest absolute Gasteiger partial charge is 0.497 e. The second kappa shape index (κ2) is 9.94. The van der Waals surface area contributed by atoms with Crippen molar-refractivity contribution < 1.29 is 14.3 Å². The third-order valence-electron chi connectivity index (χ3n) is 6.82. The Balaban J connectivity index is 1.12. The van der Waals surface area contributed by atoms with Crippen molar-refractivity contribution in [3.63, 3.8) is 0 Å². The number of carbonyl (C=O) groups excluding carboxylic acids is 2. The lowest BCUT2D eigenvalue weighted by atomic mass is 9.59. The SMILES string of the molecule is COc1ccc(NC(=O)CSCC(=O)NCC2CC3c4ccccc4C2c2ccccc23)cc1. The first-order chi connectivity index (χ1) is 16.6. The van der Waals surface area contributed by atoms with Gasteiger partial charge in [-0.05, 0) is 58.9 Å². The Hall–Kier alpha value is -3.25. The van der Waals surface area contributed by atoms with Crippen LogP contribution in [0.2, 0.25) is 0 Å². The number of nitrogens with one attached hydrogen (secondary N) is 2. The van der Waals surface area contributed by atoms with E-state index in [0.29, 0.717) is 30.0 Å². The Morgan fingerprint density at radius 3 is 2.06 bits per heavy atom. The summed E-state index contributed by atoms with van der Waals surface area (Å²) in [5.74, 6) is 2.18. The molecule has 2 bridgehead atoms. The van der Waals surface area contributed by atoms with Crippen molar-refractivity contribution in [2.75, 3.05) is 30.5 Å². The predicted octanol–water partition coefficient (Wildman–Crippen LogP) is 4.78. The van der Waals surface area contributed by atoms with Gasteiger partial charge in [-0.1, -0.05) is 48.5 Å². The van der Waals surface area contributed by atoms with Crippen LogP contribution < -0.4 is 15.4 Å². The predicted molar refractivity (Wildman–Crippen MR) is 137 cm³/mol. The van der Waals surface area contributed by atoms with Crippen LogP contribution in [0.5, 0.6) is 5.75 Å². The number of carbonyl (C=O) groups is 2. The number of thioether (sulfide) groups is 1. The Morgan fingerprint density at radius 2 is 1.44 bits per heavy atom. The third-order valence-corrected chi connectivity index (χ3v) is 7.76. The van der Waals surface area contributed by atoms with Crippen LogP contribution in [0.25, 0.3) is 0 Å². The van der Waals surface area contributed by atoms with Crippen LogP contribution in [0.4, 0.5) is 5.69 Å². The molecule has 0 heterocycles. The summed E-state index contributed by atoms with van der Waals surface area (Å²) in [7, 11) is 1.60. The molecular formula is C28H28N2O3S. The van der Waals surface area contributed by atoms with Gasteiger partial charge < -0.3 is 15.4 Å². The summed E-state index contributed by atoms with van der Waals surface area (Å²) >= 11 is 1.33. The van der Waals surface area contributed by atoms with Crippen LogP contribution >= 0.6 is 11.8 Å². The van der Waals surface area contributed by atoms with E-state index in [-0.39, 0.29) is 23.3 Å². The number of hydrogen-bond donors (Lipinski definition) is 2. The van der Waals surface area contributed by atoms with E-state index in [1.807, 2.05) is 0 Å². The number of amides is 2. The van der Waals surface area contributed by atoms with E-state index in [1.54, 1.807) is 31.4 Å². The van der Waals surface area contributed by atoms with E-state index in [9.17, 15) is 9.59 Å². The molecule has 2 N–H and O–H groups in total. The molecular weight excluding hydrogens is 444 g/mol. The van der Waals surface area contributed by atoms with Crippen molar-refractivity contribution in [1.82, 2.24) is 5.32 Å². The first-order valence-electron chi connectivity index (χ1n) is 11.6. The lowest BCUT2D eigenvalue weighted by molar-refractivity contribution is -0.118. The minimum Gasteiger partial charge on any atom is -0.497 e. The third kappa shape index (κ3) is 4.55. The van der Waals surface area contributed by atoms with Crippen molar-refractivity contribution in [2.45, 2.75) is 18.3 Å². The zero-order valence-corrected chi connectivity index (χ0v) is 19.9. The van der Waals surface area contributed by atoms with Gasteiger partial charge in [0.25, 0.3) is 0 Å². The fourth-order valence-corrected chi connectivity index (χ4v) is 6.01. The molecule has 0 fully saturated rings. The van der Waals surface area contributed by atoms with E-state index in [4.69, 9.17) is 4.74 Å². The van der Waals surface area contributed by atoms with Crippen LogP contribution in [0.1, 0.15) is 40.5 Å². The summed E-state index contributed by atoms with van der Waals surface area (Å²) < 4.78 is 5.12. The van der Waals surface area contributed by atoms with Crippen LogP contribution in [0, 0.1) is 5.92 Å². The maximum absolute atomic E-state index is 12.5. The van der Waals surface area contributed by atoms with Gasteiger partial charge in [0.05, 0.1) is 18.6 Å². The second-order valence-electron chi connectivity index (χ2n) is 8.86. The van der Waals surface area contributed by atoms with Gasteiger partial charge in [0, 0.05) is 24.1 Å². The lowest BCUT2D eigenvalue weighted by Gasteiger charge is -2.45. The van der Waals surface area contributed by atoms with E-state index in [2.05, 4.69) is 59.2 Å². The van der Waals surface area contributed by atoms with Gasteiger partial charge >= 0.3 is 0 Å². The molecule has 5 nitrogen and oxygen atoms in total. The fourth-order valence-electron chi connectivity index (χ4n) is 5.36. The number of benzene rings is 3. The maximum atomic E-state index is 12.5. The van der Waals surface area contributed by atoms with Crippen molar-refractivity contribution in [3.8, 4) is 5.75 Å². The molecule has 174 valence electrons. The van der Waals surface area contributed by atoms with E-state index >= 15 is 0 Å². The number of methoxy groups -OCH3 is 1. The second-order valence-corrected chi connectivity index (χ2v) is 9.84. The highest BCUT2D eigenvalue weighted by Gasteiger charge is 2.42. The van der Waals surface area contributed by atoms with E-state index in [0.717, 1.165) is 12.2 Å². The summed E-state index contributed by atoms with van der Waals surface area (Å²) in [6.45, 7) is 0.654. The molecule has 3 aliphatic carbocycles. The lowest BCUT2D eigenvalue weighted by Crippen LogP contribution is -2.39. The zero-order chi connectivity index (χ0) is 23.5. The van der Waals surface area contributed by atoms with Crippen LogP contribution in [0.15, 0.2) is 72.8 Å². The first kappa shape index (κ1) is 22.5. The molecule has 0 aliphatic heterocycles. The average molecular weight is 473 g/mol. The smallest absolute Gasteiger partial charge is 0.234 e. The molecule has 2 amide bonds. The molecule has 1 unspecified atom stereocenters. The highest BCUT2D eigenvalue weighted by Crippen LogP contribution is 2.55. The zero-order valence-electron chi connectivity index (χ0n) is 19.1. The highest BCUT2D eigenvalue weighted by molar-refractivity contribution is 8.00. The molecule has 3 aromatic rings. The Morgan fingerprint density at radius 1 is 0.853 bits per heavy atom. The van der Waals surface area contributed by atoms with Crippen LogP contribution in [-0.4, -0.2) is 37.0 Å². The molecule has 0 saturated heterocycles. The summed E-state index contributed by atoms with van der Waals surface area (Å²) in [6, 6.07) is 24.7. The monoisotopic (exact) mass is 472 g/mol. The van der Waals surface area contributed by atoms with Crippen molar-refractivity contribution >= 4 is 29.3 Å². The van der Waals surface area contributed by atoms with Crippen LogP contribution in [0.3, 0.4) is 0 Å². The van der Waals surface area contributed by atoms with Gasteiger partial charge in [-0.25, -0.2) is 0 Å². The molecule has 3 aliphatic rings. The van der Waals surface area contributed by atoms with E-state index < -0.39 is 0 Å². The molecule has 6 rings (SSSR count). The van der Waals surface area contributed by atoms with Crippen LogP contribution in [-0.2, 0) is 9.59 Å². The van der Waals surface area contributed by atoms with Crippen molar-refractivity contribution in [3.05, 3.63) is 95.1 Å². The topological polar surface area (TPSA) is 67.4 Å². The molecule has 6 heteroatoms. The van der Waals surface area contributed by atoms with Crippen molar-refractivity contribution in [1.29, 1.82) is 0 Å². The number of fused-ring (bicyclic) bond motifs is 1. The summed E-state index contributed by atoms with van der Waals surface area (Å²) in [4.78, 5) is 24.7. The Labute approximate surface area is 204 Å².